The van der Waals surface area contributed by atoms with Crippen molar-refractivity contribution in [3.63, 3.8) is 0 Å². The number of nitriles is 1. The molecule has 0 aliphatic rings. The molecule has 1 rings (SSSR count). The van der Waals surface area contributed by atoms with E-state index in [1.807, 2.05) is 50.3 Å². The van der Waals surface area contributed by atoms with Gasteiger partial charge in [0, 0.05) is 25.1 Å². The average Bonchev–Trinajstić information content (AvgIpc) is 2.39. The van der Waals surface area contributed by atoms with E-state index < -0.39 is 0 Å². The van der Waals surface area contributed by atoms with Crippen LogP contribution in [0.15, 0.2) is 30.3 Å². The number of rotatable bonds is 6. The lowest BCUT2D eigenvalue weighted by molar-refractivity contribution is 0.158. The topological polar surface area (TPSA) is 56.0 Å². The summed E-state index contributed by atoms with van der Waals surface area (Å²) in [6.45, 7) is 5.76. The van der Waals surface area contributed by atoms with Crippen LogP contribution in [-0.4, -0.2) is 24.8 Å². The van der Waals surface area contributed by atoms with Crippen LogP contribution in [-0.2, 0) is 0 Å². The minimum Gasteiger partial charge on any atom is -0.396 e. The van der Waals surface area contributed by atoms with Crippen molar-refractivity contribution in [1.29, 1.82) is 5.26 Å². The Bertz CT molecular complexity index is 427. The molecule has 0 aliphatic carbocycles. The summed E-state index contributed by atoms with van der Waals surface area (Å²) in [4.78, 5) is 0. The molecule has 0 amide bonds. The van der Waals surface area contributed by atoms with Gasteiger partial charge < -0.3 is 10.4 Å². The van der Waals surface area contributed by atoms with E-state index >= 15 is 0 Å². The molecule has 0 saturated carbocycles. The van der Waals surface area contributed by atoms with Crippen LogP contribution in [0, 0.1) is 16.7 Å². The monoisotopic (exact) mass is 244 g/mol. The predicted octanol–water partition coefficient (Wildman–Crippen LogP) is 2.18. The summed E-state index contributed by atoms with van der Waals surface area (Å²) in [6, 6.07) is 9.56. The molecule has 0 atom stereocenters. The summed E-state index contributed by atoms with van der Waals surface area (Å²) < 4.78 is 0. The lowest BCUT2D eigenvalue weighted by Gasteiger charge is -2.21. The maximum atomic E-state index is 9.09. The van der Waals surface area contributed by atoms with Gasteiger partial charge in [-0.2, -0.15) is 5.26 Å². The first kappa shape index (κ1) is 14.4. The Morgan fingerprint density at radius 3 is 2.56 bits per heavy atom. The molecule has 0 radical (unpaired) electrons. The third-order valence-electron chi connectivity index (χ3n) is 2.64. The first-order chi connectivity index (χ1) is 8.57. The number of aliphatic hydroxyl groups is 1. The third-order valence-corrected chi connectivity index (χ3v) is 2.64. The van der Waals surface area contributed by atoms with Crippen molar-refractivity contribution in [1.82, 2.24) is 5.32 Å². The van der Waals surface area contributed by atoms with Gasteiger partial charge in [0.25, 0.3) is 0 Å². The summed E-state index contributed by atoms with van der Waals surface area (Å²) in [5, 5.41) is 21.0. The highest BCUT2D eigenvalue weighted by Crippen LogP contribution is 2.11. The molecule has 18 heavy (non-hydrogen) atoms. The molecular formula is C15H20N2O. The SMILES string of the molecule is CC(C)(CO)CNC/C=C/c1ccc(C#N)cc1. The van der Waals surface area contributed by atoms with E-state index in [0.29, 0.717) is 5.56 Å². The lowest BCUT2D eigenvalue weighted by atomic mass is 9.95. The second kappa shape index (κ2) is 6.95. The zero-order valence-corrected chi connectivity index (χ0v) is 11.0. The summed E-state index contributed by atoms with van der Waals surface area (Å²) in [5.41, 5.74) is 1.68. The van der Waals surface area contributed by atoms with Crippen molar-refractivity contribution >= 4 is 6.08 Å². The van der Waals surface area contributed by atoms with Gasteiger partial charge in [-0.25, -0.2) is 0 Å². The van der Waals surface area contributed by atoms with Gasteiger partial charge in [0.05, 0.1) is 11.6 Å². The van der Waals surface area contributed by atoms with Crippen molar-refractivity contribution in [3.8, 4) is 6.07 Å². The number of nitrogens with one attached hydrogen (secondary N) is 1. The second-order valence-corrected chi connectivity index (χ2v) is 5.09. The first-order valence-electron chi connectivity index (χ1n) is 6.06. The van der Waals surface area contributed by atoms with E-state index in [0.717, 1.165) is 18.7 Å². The van der Waals surface area contributed by atoms with Gasteiger partial charge in [-0.1, -0.05) is 38.1 Å². The van der Waals surface area contributed by atoms with Gasteiger partial charge in [-0.15, -0.1) is 0 Å². The summed E-state index contributed by atoms with van der Waals surface area (Å²) >= 11 is 0. The van der Waals surface area contributed by atoms with Gasteiger partial charge in [0.1, 0.15) is 0 Å². The smallest absolute Gasteiger partial charge is 0.0991 e. The Kier molecular flexibility index (Phi) is 5.57. The van der Waals surface area contributed by atoms with Crippen molar-refractivity contribution in [2.45, 2.75) is 13.8 Å². The Labute approximate surface area is 109 Å². The molecule has 1 aromatic carbocycles. The number of aliphatic hydroxyl groups excluding tert-OH is 1. The summed E-state index contributed by atoms with van der Waals surface area (Å²) in [7, 11) is 0. The Morgan fingerprint density at radius 2 is 2.00 bits per heavy atom. The number of hydrogen-bond donors (Lipinski definition) is 2. The Hall–Kier alpha value is -1.63. The molecule has 96 valence electrons. The minimum absolute atomic E-state index is 0.0811. The lowest BCUT2D eigenvalue weighted by Crippen LogP contribution is -2.32. The van der Waals surface area contributed by atoms with Crippen LogP contribution in [0.2, 0.25) is 0 Å². The standard InChI is InChI=1S/C15H20N2O/c1-15(2,12-18)11-17-9-3-4-13-5-7-14(10-16)8-6-13/h3-8,17-18H,9,11-12H2,1-2H3/b4-3+. The fraction of sp³-hybridized carbons (Fsp3) is 0.400. The highest BCUT2D eigenvalue weighted by atomic mass is 16.3. The van der Waals surface area contributed by atoms with Crippen LogP contribution >= 0.6 is 0 Å². The molecule has 0 spiro atoms. The van der Waals surface area contributed by atoms with E-state index in [4.69, 9.17) is 10.4 Å². The van der Waals surface area contributed by atoms with Crippen LogP contribution in [0.25, 0.3) is 6.08 Å². The molecule has 0 saturated heterocycles. The van der Waals surface area contributed by atoms with E-state index in [9.17, 15) is 0 Å². The van der Waals surface area contributed by atoms with Gasteiger partial charge >= 0.3 is 0 Å². The molecule has 0 heterocycles. The van der Waals surface area contributed by atoms with E-state index in [1.54, 1.807) is 0 Å². The van der Waals surface area contributed by atoms with E-state index in [1.165, 1.54) is 0 Å². The molecule has 3 nitrogen and oxygen atoms in total. The van der Waals surface area contributed by atoms with Gasteiger partial charge in [0.2, 0.25) is 0 Å². The molecule has 0 fully saturated rings. The fourth-order valence-corrected chi connectivity index (χ4v) is 1.41. The van der Waals surface area contributed by atoms with Crippen molar-refractivity contribution in [2.75, 3.05) is 19.7 Å². The molecule has 0 unspecified atom stereocenters. The first-order valence-corrected chi connectivity index (χ1v) is 6.06. The highest BCUT2D eigenvalue weighted by Gasteiger charge is 2.14. The third kappa shape index (κ3) is 5.13. The fourth-order valence-electron chi connectivity index (χ4n) is 1.41. The quantitative estimate of drug-likeness (QED) is 0.754. The largest absolute Gasteiger partial charge is 0.396 e. The normalized spacial score (nSPS) is 11.7. The molecule has 0 aliphatic heterocycles. The molecule has 0 bridgehead atoms. The molecule has 0 aromatic heterocycles. The second-order valence-electron chi connectivity index (χ2n) is 5.09. The number of nitrogens with zero attached hydrogens (tertiary/aromatic N) is 1. The van der Waals surface area contributed by atoms with Crippen LogP contribution in [0.4, 0.5) is 0 Å². The number of hydrogen-bond acceptors (Lipinski definition) is 3. The highest BCUT2D eigenvalue weighted by molar-refractivity contribution is 5.51. The maximum Gasteiger partial charge on any atom is 0.0991 e. The summed E-state index contributed by atoms with van der Waals surface area (Å²) in [6.07, 6.45) is 4.05. The van der Waals surface area contributed by atoms with Crippen LogP contribution in [0.3, 0.4) is 0 Å². The predicted molar refractivity (Wildman–Crippen MR) is 73.9 cm³/mol. The Morgan fingerprint density at radius 1 is 1.33 bits per heavy atom. The van der Waals surface area contributed by atoms with Gasteiger partial charge in [-0.3, -0.25) is 0 Å². The van der Waals surface area contributed by atoms with Crippen LogP contribution < -0.4 is 5.32 Å². The van der Waals surface area contributed by atoms with Crippen molar-refractivity contribution in [2.24, 2.45) is 5.41 Å². The van der Waals surface area contributed by atoms with E-state index in [-0.39, 0.29) is 12.0 Å². The molecular weight excluding hydrogens is 224 g/mol. The van der Waals surface area contributed by atoms with E-state index in [2.05, 4.69) is 11.4 Å². The Balaban J connectivity index is 2.35. The summed E-state index contributed by atoms with van der Waals surface area (Å²) in [5.74, 6) is 0. The van der Waals surface area contributed by atoms with Crippen LogP contribution in [0.5, 0.6) is 0 Å². The molecule has 2 N–H and O–H groups in total. The van der Waals surface area contributed by atoms with Crippen molar-refractivity contribution < 1.29 is 5.11 Å². The zero-order chi connectivity index (χ0) is 13.4. The number of benzene rings is 1. The van der Waals surface area contributed by atoms with Crippen molar-refractivity contribution in [3.05, 3.63) is 41.5 Å². The zero-order valence-electron chi connectivity index (χ0n) is 11.0. The maximum absolute atomic E-state index is 9.09. The molecule has 1 aromatic rings. The minimum atomic E-state index is -0.0811. The molecule has 3 heteroatoms. The van der Waals surface area contributed by atoms with Gasteiger partial charge in [-0.05, 0) is 17.7 Å². The average molecular weight is 244 g/mol. The van der Waals surface area contributed by atoms with Crippen LogP contribution in [0.1, 0.15) is 25.0 Å². The van der Waals surface area contributed by atoms with Gasteiger partial charge in [0.15, 0.2) is 0 Å².